The van der Waals surface area contributed by atoms with Crippen LogP contribution in [0.4, 0.5) is 11.4 Å². The van der Waals surface area contributed by atoms with Crippen LogP contribution < -0.4 is 21.0 Å². The van der Waals surface area contributed by atoms with Crippen molar-refractivity contribution in [3.05, 3.63) is 70.6 Å². The number of amides is 1. The van der Waals surface area contributed by atoms with Crippen LogP contribution in [0.3, 0.4) is 0 Å². The van der Waals surface area contributed by atoms with Gasteiger partial charge in [0.1, 0.15) is 5.58 Å². The van der Waals surface area contributed by atoms with Crippen molar-refractivity contribution in [1.82, 2.24) is 5.32 Å². The Morgan fingerprint density at radius 1 is 1.04 bits per heavy atom. The van der Waals surface area contributed by atoms with Gasteiger partial charge < -0.3 is 20.0 Å². The van der Waals surface area contributed by atoms with E-state index in [0.717, 1.165) is 31.9 Å². The van der Waals surface area contributed by atoms with Gasteiger partial charge in [0, 0.05) is 43.6 Å². The Morgan fingerprint density at radius 2 is 1.77 bits per heavy atom. The standard InChI is InChI=1S/C20H19N3O3/c24-17-13-19(26-18-4-2-1-3-16(17)18)20(25)22-14-5-7-15(8-6-14)23-11-9-21-10-12-23/h1-8,13,21H,9-12H2,(H,22,25). The Hall–Kier alpha value is -3.12. The highest BCUT2D eigenvalue weighted by atomic mass is 16.3. The molecule has 1 aliphatic rings. The van der Waals surface area contributed by atoms with Gasteiger partial charge in [-0.2, -0.15) is 0 Å². The van der Waals surface area contributed by atoms with Gasteiger partial charge in [-0.25, -0.2) is 0 Å². The molecule has 1 aromatic heterocycles. The molecule has 2 N–H and O–H groups in total. The van der Waals surface area contributed by atoms with Crippen molar-refractivity contribution < 1.29 is 9.21 Å². The molecule has 0 radical (unpaired) electrons. The minimum Gasteiger partial charge on any atom is -0.451 e. The second-order valence-electron chi connectivity index (χ2n) is 6.21. The summed E-state index contributed by atoms with van der Waals surface area (Å²) in [7, 11) is 0. The molecule has 2 heterocycles. The molecule has 4 rings (SSSR count). The number of carbonyl (C=O) groups excluding carboxylic acids is 1. The van der Waals surface area contributed by atoms with E-state index in [1.807, 2.05) is 24.3 Å². The molecule has 132 valence electrons. The summed E-state index contributed by atoms with van der Waals surface area (Å²) in [6, 6.07) is 15.8. The number of rotatable bonds is 3. The van der Waals surface area contributed by atoms with Crippen LogP contribution in [0.25, 0.3) is 11.0 Å². The van der Waals surface area contributed by atoms with Crippen molar-refractivity contribution in [1.29, 1.82) is 0 Å². The lowest BCUT2D eigenvalue weighted by atomic mass is 10.2. The molecule has 0 unspecified atom stereocenters. The van der Waals surface area contributed by atoms with Crippen LogP contribution in [0, 0.1) is 0 Å². The molecular formula is C20H19N3O3. The predicted molar refractivity (Wildman–Crippen MR) is 102 cm³/mol. The number of hydrogen-bond donors (Lipinski definition) is 2. The van der Waals surface area contributed by atoms with Crippen molar-refractivity contribution in [3.63, 3.8) is 0 Å². The van der Waals surface area contributed by atoms with E-state index in [0.29, 0.717) is 16.7 Å². The summed E-state index contributed by atoms with van der Waals surface area (Å²) in [5, 5.41) is 6.56. The number of fused-ring (bicyclic) bond motifs is 1. The first-order valence-electron chi connectivity index (χ1n) is 8.61. The summed E-state index contributed by atoms with van der Waals surface area (Å²) < 4.78 is 5.57. The summed E-state index contributed by atoms with van der Waals surface area (Å²) in [4.78, 5) is 26.9. The second-order valence-corrected chi connectivity index (χ2v) is 6.21. The van der Waals surface area contributed by atoms with Gasteiger partial charge in [0.25, 0.3) is 5.91 Å². The van der Waals surface area contributed by atoms with E-state index in [9.17, 15) is 9.59 Å². The average Bonchev–Trinajstić information content (AvgIpc) is 2.69. The van der Waals surface area contributed by atoms with E-state index in [1.165, 1.54) is 6.07 Å². The molecular weight excluding hydrogens is 330 g/mol. The molecule has 0 aliphatic carbocycles. The normalized spacial score (nSPS) is 14.4. The Labute approximate surface area is 150 Å². The quantitative estimate of drug-likeness (QED) is 0.760. The number of hydrogen-bond acceptors (Lipinski definition) is 5. The lowest BCUT2D eigenvalue weighted by Gasteiger charge is -2.29. The SMILES string of the molecule is O=C(Nc1ccc(N2CCNCC2)cc1)c1cc(=O)c2ccccc2o1. The van der Waals surface area contributed by atoms with Crippen LogP contribution in [-0.2, 0) is 0 Å². The zero-order valence-corrected chi connectivity index (χ0v) is 14.2. The Balaban J connectivity index is 1.52. The van der Waals surface area contributed by atoms with E-state index in [-0.39, 0.29) is 11.2 Å². The largest absolute Gasteiger partial charge is 0.451 e. The zero-order chi connectivity index (χ0) is 17.9. The first kappa shape index (κ1) is 16.4. The molecule has 6 nitrogen and oxygen atoms in total. The summed E-state index contributed by atoms with van der Waals surface area (Å²) in [6.45, 7) is 3.88. The van der Waals surface area contributed by atoms with Crippen LogP contribution in [0.15, 0.2) is 63.8 Å². The van der Waals surface area contributed by atoms with Crippen LogP contribution in [-0.4, -0.2) is 32.1 Å². The first-order valence-corrected chi connectivity index (χ1v) is 8.61. The average molecular weight is 349 g/mol. The van der Waals surface area contributed by atoms with Gasteiger partial charge in [-0.15, -0.1) is 0 Å². The molecule has 0 spiro atoms. The number of piperazine rings is 1. The second kappa shape index (κ2) is 7.01. The third-order valence-electron chi connectivity index (χ3n) is 4.47. The Kier molecular flexibility index (Phi) is 4.41. The Bertz CT molecular complexity index is 989. The fraction of sp³-hybridized carbons (Fsp3) is 0.200. The topological polar surface area (TPSA) is 74.6 Å². The summed E-state index contributed by atoms with van der Waals surface area (Å²) in [5.74, 6) is -0.442. The molecule has 0 atom stereocenters. The first-order chi connectivity index (χ1) is 12.7. The highest BCUT2D eigenvalue weighted by Crippen LogP contribution is 2.19. The van der Waals surface area contributed by atoms with Crippen LogP contribution in [0.5, 0.6) is 0 Å². The highest BCUT2D eigenvalue weighted by Gasteiger charge is 2.14. The fourth-order valence-corrected chi connectivity index (χ4v) is 3.09. The number of para-hydroxylation sites is 1. The van der Waals surface area contributed by atoms with E-state index in [1.54, 1.807) is 24.3 Å². The number of nitrogens with zero attached hydrogens (tertiary/aromatic N) is 1. The predicted octanol–water partition coefficient (Wildman–Crippen LogP) is 2.45. The van der Waals surface area contributed by atoms with Gasteiger partial charge in [-0.05, 0) is 36.4 Å². The number of nitrogens with one attached hydrogen (secondary N) is 2. The third-order valence-corrected chi connectivity index (χ3v) is 4.47. The van der Waals surface area contributed by atoms with Crippen molar-refractivity contribution >= 4 is 28.3 Å². The molecule has 6 heteroatoms. The van der Waals surface area contributed by atoms with E-state index in [4.69, 9.17) is 4.42 Å². The molecule has 1 fully saturated rings. The molecule has 1 aliphatic heterocycles. The number of benzene rings is 2. The smallest absolute Gasteiger partial charge is 0.291 e. The minimum absolute atomic E-state index is 0.000110. The van der Waals surface area contributed by atoms with Gasteiger partial charge in [0.2, 0.25) is 0 Å². The number of anilines is 2. The maximum absolute atomic E-state index is 12.4. The summed E-state index contributed by atoms with van der Waals surface area (Å²) >= 11 is 0. The number of carbonyl (C=O) groups is 1. The minimum atomic E-state index is -0.442. The van der Waals surface area contributed by atoms with Crippen LogP contribution in [0.1, 0.15) is 10.6 Å². The van der Waals surface area contributed by atoms with E-state index >= 15 is 0 Å². The molecule has 0 saturated carbocycles. The van der Waals surface area contributed by atoms with Gasteiger partial charge >= 0.3 is 0 Å². The van der Waals surface area contributed by atoms with Crippen molar-refractivity contribution in [3.8, 4) is 0 Å². The van der Waals surface area contributed by atoms with E-state index in [2.05, 4.69) is 15.5 Å². The summed E-state index contributed by atoms with van der Waals surface area (Å²) in [6.07, 6.45) is 0. The fourth-order valence-electron chi connectivity index (χ4n) is 3.09. The van der Waals surface area contributed by atoms with E-state index < -0.39 is 5.91 Å². The highest BCUT2D eigenvalue weighted by molar-refractivity contribution is 6.03. The van der Waals surface area contributed by atoms with Gasteiger partial charge in [0.15, 0.2) is 11.2 Å². The van der Waals surface area contributed by atoms with Gasteiger partial charge in [-0.1, -0.05) is 12.1 Å². The van der Waals surface area contributed by atoms with Crippen LogP contribution in [0.2, 0.25) is 0 Å². The van der Waals surface area contributed by atoms with Crippen molar-refractivity contribution in [2.45, 2.75) is 0 Å². The molecule has 2 aromatic carbocycles. The third kappa shape index (κ3) is 3.32. The molecule has 26 heavy (non-hydrogen) atoms. The van der Waals surface area contributed by atoms with Crippen molar-refractivity contribution in [2.75, 3.05) is 36.4 Å². The maximum Gasteiger partial charge on any atom is 0.291 e. The monoisotopic (exact) mass is 349 g/mol. The molecule has 1 amide bonds. The maximum atomic E-state index is 12.4. The molecule has 3 aromatic rings. The lowest BCUT2D eigenvalue weighted by Crippen LogP contribution is -2.43. The zero-order valence-electron chi connectivity index (χ0n) is 14.2. The van der Waals surface area contributed by atoms with Crippen LogP contribution >= 0.6 is 0 Å². The Morgan fingerprint density at radius 3 is 2.54 bits per heavy atom. The molecule has 0 bridgehead atoms. The van der Waals surface area contributed by atoms with Gasteiger partial charge in [0.05, 0.1) is 5.39 Å². The summed E-state index contributed by atoms with van der Waals surface area (Å²) in [5.41, 5.74) is 1.96. The molecule has 1 saturated heterocycles. The van der Waals surface area contributed by atoms with Gasteiger partial charge in [-0.3, -0.25) is 9.59 Å². The van der Waals surface area contributed by atoms with Crippen molar-refractivity contribution in [2.24, 2.45) is 0 Å². The lowest BCUT2D eigenvalue weighted by molar-refractivity contribution is 0.0997.